The number of ether oxygens (including phenoxy) is 1. The molecule has 0 aliphatic carbocycles. The fourth-order valence-electron chi connectivity index (χ4n) is 2.37. The average molecular weight is 305 g/mol. The third-order valence-corrected chi connectivity index (χ3v) is 3.76. The minimum absolute atomic E-state index is 0.0342. The van der Waals surface area contributed by atoms with Crippen LogP contribution in [-0.2, 0) is 0 Å². The first kappa shape index (κ1) is 15.8. The molecule has 0 saturated carbocycles. The van der Waals surface area contributed by atoms with Crippen LogP contribution in [0.3, 0.4) is 0 Å². The van der Waals surface area contributed by atoms with Crippen LogP contribution in [0.5, 0.6) is 5.75 Å². The fraction of sp³-hybridized carbons (Fsp3) is 0.353. The highest BCUT2D eigenvalue weighted by atomic mass is 35.5. The van der Waals surface area contributed by atoms with Crippen LogP contribution < -0.4 is 10.1 Å². The van der Waals surface area contributed by atoms with Gasteiger partial charge in [-0.3, -0.25) is 4.98 Å². The van der Waals surface area contributed by atoms with E-state index >= 15 is 0 Å². The Kier molecular flexibility index (Phi) is 5.21. The monoisotopic (exact) mass is 304 g/mol. The van der Waals surface area contributed by atoms with Gasteiger partial charge in [-0.25, -0.2) is 0 Å². The standard InChI is InChI=1S/C17H21ClN2O/c1-11(2)21-14-8-13(9-20-10-14)17(19-4)15-6-5-7-16(18)12(15)3/h5-11,17,19H,1-4H3. The van der Waals surface area contributed by atoms with Gasteiger partial charge in [0.1, 0.15) is 5.75 Å². The van der Waals surface area contributed by atoms with Crippen LogP contribution in [0.1, 0.15) is 36.6 Å². The van der Waals surface area contributed by atoms with Crippen molar-refractivity contribution < 1.29 is 4.74 Å². The zero-order valence-electron chi connectivity index (χ0n) is 12.9. The summed E-state index contributed by atoms with van der Waals surface area (Å²) >= 11 is 6.23. The van der Waals surface area contributed by atoms with Gasteiger partial charge in [-0.15, -0.1) is 0 Å². The van der Waals surface area contributed by atoms with E-state index in [1.54, 1.807) is 6.20 Å². The number of aromatic nitrogens is 1. The number of pyridine rings is 1. The van der Waals surface area contributed by atoms with Gasteiger partial charge in [0.15, 0.2) is 0 Å². The number of hydrogen-bond donors (Lipinski definition) is 1. The van der Waals surface area contributed by atoms with Crippen LogP contribution in [0.2, 0.25) is 5.02 Å². The predicted molar refractivity (Wildman–Crippen MR) is 87.1 cm³/mol. The zero-order chi connectivity index (χ0) is 15.4. The molecular formula is C17H21ClN2O. The number of rotatable bonds is 5. The lowest BCUT2D eigenvalue weighted by Gasteiger charge is -2.20. The van der Waals surface area contributed by atoms with Gasteiger partial charge in [-0.1, -0.05) is 23.7 Å². The normalized spacial score (nSPS) is 12.5. The van der Waals surface area contributed by atoms with Crippen molar-refractivity contribution in [2.24, 2.45) is 0 Å². The Morgan fingerprint density at radius 1 is 1.24 bits per heavy atom. The first-order valence-electron chi connectivity index (χ1n) is 7.06. The Hall–Kier alpha value is -1.58. The smallest absolute Gasteiger partial charge is 0.138 e. The molecule has 1 heterocycles. The fourth-order valence-corrected chi connectivity index (χ4v) is 2.55. The lowest BCUT2D eigenvalue weighted by atomic mass is 9.96. The van der Waals surface area contributed by atoms with Crippen molar-refractivity contribution in [1.29, 1.82) is 0 Å². The molecule has 0 amide bonds. The van der Waals surface area contributed by atoms with E-state index in [0.29, 0.717) is 0 Å². The summed E-state index contributed by atoms with van der Waals surface area (Å²) in [6, 6.07) is 8.01. The van der Waals surface area contributed by atoms with Crippen LogP contribution in [-0.4, -0.2) is 18.1 Å². The molecule has 4 heteroatoms. The molecule has 2 aromatic rings. The Balaban J connectivity index is 2.39. The molecule has 0 spiro atoms. The quantitative estimate of drug-likeness (QED) is 0.901. The van der Waals surface area contributed by atoms with Crippen LogP contribution in [0.4, 0.5) is 0 Å². The molecule has 1 aromatic carbocycles. The third kappa shape index (κ3) is 3.74. The molecule has 0 fully saturated rings. The van der Waals surface area contributed by atoms with Gasteiger partial charge in [-0.2, -0.15) is 0 Å². The molecule has 2 rings (SSSR count). The van der Waals surface area contributed by atoms with Crippen molar-refractivity contribution in [3.8, 4) is 5.75 Å². The average Bonchev–Trinajstić information content (AvgIpc) is 2.44. The van der Waals surface area contributed by atoms with Crippen LogP contribution in [0, 0.1) is 6.92 Å². The van der Waals surface area contributed by atoms with Gasteiger partial charge in [0.2, 0.25) is 0 Å². The van der Waals surface area contributed by atoms with E-state index < -0.39 is 0 Å². The van der Waals surface area contributed by atoms with Crippen molar-refractivity contribution in [3.63, 3.8) is 0 Å². The van der Waals surface area contributed by atoms with E-state index in [1.807, 2.05) is 52.2 Å². The van der Waals surface area contributed by atoms with Gasteiger partial charge in [-0.05, 0) is 56.6 Å². The zero-order valence-corrected chi connectivity index (χ0v) is 13.6. The maximum absolute atomic E-state index is 6.23. The summed E-state index contributed by atoms with van der Waals surface area (Å²) in [5, 5.41) is 4.10. The highest BCUT2D eigenvalue weighted by molar-refractivity contribution is 6.31. The highest BCUT2D eigenvalue weighted by Crippen LogP contribution is 2.29. The van der Waals surface area contributed by atoms with Gasteiger partial charge in [0.25, 0.3) is 0 Å². The summed E-state index contributed by atoms with van der Waals surface area (Å²) < 4.78 is 5.72. The van der Waals surface area contributed by atoms with Crippen LogP contribution in [0.25, 0.3) is 0 Å². The Bertz CT molecular complexity index is 613. The minimum Gasteiger partial charge on any atom is -0.489 e. The van der Waals surface area contributed by atoms with E-state index in [1.165, 1.54) is 0 Å². The lowest BCUT2D eigenvalue weighted by Crippen LogP contribution is -2.19. The molecule has 3 nitrogen and oxygen atoms in total. The van der Waals surface area contributed by atoms with Gasteiger partial charge < -0.3 is 10.1 Å². The second kappa shape index (κ2) is 6.92. The predicted octanol–water partition coefficient (Wildman–Crippen LogP) is 4.14. The molecule has 0 bridgehead atoms. The first-order valence-corrected chi connectivity index (χ1v) is 7.44. The lowest BCUT2D eigenvalue weighted by molar-refractivity contribution is 0.241. The Morgan fingerprint density at radius 3 is 2.67 bits per heavy atom. The Labute approximate surface area is 131 Å². The number of nitrogens with zero attached hydrogens (tertiary/aromatic N) is 1. The van der Waals surface area contributed by atoms with Gasteiger partial charge in [0, 0.05) is 11.2 Å². The van der Waals surface area contributed by atoms with Crippen molar-refractivity contribution in [3.05, 3.63) is 58.4 Å². The topological polar surface area (TPSA) is 34.2 Å². The molecule has 0 aliphatic heterocycles. The number of hydrogen-bond acceptors (Lipinski definition) is 3. The summed E-state index contributed by atoms with van der Waals surface area (Å²) in [7, 11) is 1.93. The van der Waals surface area contributed by atoms with Crippen molar-refractivity contribution >= 4 is 11.6 Å². The number of nitrogens with one attached hydrogen (secondary N) is 1. The van der Waals surface area contributed by atoms with Crippen LogP contribution in [0.15, 0.2) is 36.7 Å². The maximum Gasteiger partial charge on any atom is 0.138 e. The molecule has 0 saturated heterocycles. The third-order valence-electron chi connectivity index (χ3n) is 3.35. The van der Waals surface area contributed by atoms with Crippen molar-refractivity contribution in [2.75, 3.05) is 7.05 Å². The largest absolute Gasteiger partial charge is 0.489 e. The second-order valence-corrected chi connectivity index (χ2v) is 5.70. The Morgan fingerprint density at radius 2 is 2.00 bits per heavy atom. The summed E-state index contributed by atoms with van der Waals surface area (Å²) in [5.74, 6) is 0.780. The first-order chi connectivity index (χ1) is 10.0. The molecular weight excluding hydrogens is 284 g/mol. The molecule has 1 unspecified atom stereocenters. The van der Waals surface area contributed by atoms with Crippen LogP contribution >= 0.6 is 11.6 Å². The minimum atomic E-state index is 0.0342. The van der Waals surface area contributed by atoms with Crippen molar-refractivity contribution in [2.45, 2.75) is 32.9 Å². The van der Waals surface area contributed by atoms with Gasteiger partial charge >= 0.3 is 0 Å². The SMILES string of the molecule is CNC(c1cncc(OC(C)C)c1)c1cccc(Cl)c1C. The maximum atomic E-state index is 6.23. The van der Waals surface area contributed by atoms with E-state index in [0.717, 1.165) is 27.5 Å². The molecule has 1 aromatic heterocycles. The number of benzene rings is 1. The van der Waals surface area contributed by atoms with Crippen molar-refractivity contribution in [1.82, 2.24) is 10.3 Å². The van der Waals surface area contributed by atoms with Gasteiger partial charge in [0.05, 0.1) is 18.3 Å². The molecule has 21 heavy (non-hydrogen) atoms. The summed E-state index contributed by atoms with van der Waals surface area (Å²) in [6.45, 7) is 6.04. The highest BCUT2D eigenvalue weighted by Gasteiger charge is 2.16. The van der Waals surface area contributed by atoms with E-state index in [2.05, 4.69) is 16.4 Å². The second-order valence-electron chi connectivity index (χ2n) is 5.30. The number of halogens is 1. The molecule has 1 N–H and O–H groups in total. The summed E-state index contributed by atoms with van der Waals surface area (Å²) in [6.07, 6.45) is 3.72. The van der Waals surface area contributed by atoms with E-state index in [4.69, 9.17) is 16.3 Å². The molecule has 112 valence electrons. The molecule has 1 atom stereocenters. The van der Waals surface area contributed by atoms with E-state index in [-0.39, 0.29) is 12.1 Å². The molecule has 0 aliphatic rings. The summed E-state index contributed by atoms with van der Waals surface area (Å²) in [5.41, 5.74) is 3.28. The molecule has 0 radical (unpaired) electrons. The van der Waals surface area contributed by atoms with E-state index in [9.17, 15) is 0 Å². The summed E-state index contributed by atoms with van der Waals surface area (Å²) in [4.78, 5) is 4.29.